The number of nitrogens with zero attached hydrogens (tertiary/aromatic N) is 1. The van der Waals surface area contributed by atoms with Gasteiger partial charge in [0.2, 0.25) is 5.91 Å². The van der Waals surface area contributed by atoms with Gasteiger partial charge < -0.3 is 16.0 Å². The predicted octanol–water partition coefficient (Wildman–Crippen LogP) is 1.78. The van der Waals surface area contributed by atoms with Gasteiger partial charge in [0.15, 0.2) is 0 Å². The van der Waals surface area contributed by atoms with Gasteiger partial charge in [0.25, 0.3) is 5.91 Å². The first-order chi connectivity index (χ1) is 8.90. The van der Waals surface area contributed by atoms with Crippen LogP contribution >= 0.6 is 23.2 Å². The summed E-state index contributed by atoms with van der Waals surface area (Å²) in [4.78, 5) is 24.9. The molecule has 5 nitrogen and oxygen atoms in total. The molecule has 0 saturated carbocycles. The first kappa shape index (κ1) is 15.6. The second-order valence-corrected chi connectivity index (χ2v) is 4.66. The fourth-order valence-corrected chi connectivity index (χ4v) is 1.96. The standard InChI is InChI=1S/C12H15Cl2N3O2/c1-3-17(6-10(18)16-2)12(19)7-4-8(13)11(15)9(14)5-7/h4-5H,3,6,15H2,1-2H3,(H,16,18). The summed E-state index contributed by atoms with van der Waals surface area (Å²) in [5.41, 5.74) is 6.14. The number of anilines is 1. The summed E-state index contributed by atoms with van der Waals surface area (Å²) >= 11 is 11.8. The Labute approximate surface area is 121 Å². The highest BCUT2D eigenvalue weighted by Gasteiger charge is 2.18. The van der Waals surface area contributed by atoms with Gasteiger partial charge in [0.1, 0.15) is 0 Å². The predicted molar refractivity (Wildman–Crippen MR) is 76.5 cm³/mol. The number of nitrogen functional groups attached to an aromatic ring is 1. The highest BCUT2D eigenvalue weighted by Crippen LogP contribution is 2.29. The summed E-state index contributed by atoms with van der Waals surface area (Å²) in [5, 5.41) is 2.89. The van der Waals surface area contributed by atoms with Crippen LogP contribution in [0.25, 0.3) is 0 Å². The molecule has 0 aliphatic rings. The van der Waals surface area contributed by atoms with Crippen LogP contribution in [0, 0.1) is 0 Å². The highest BCUT2D eigenvalue weighted by atomic mass is 35.5. The van der Waals surface area contributed by atoms with E-state index in [1.54, 1.807) is 6.92 Å². The SMILES string of the molecule is CCN(CC(=O)NC)C(=O)c1cc(Cl)c(N)c(Cl)c1. The van der Waals surface area contributed by atoms with Crippen molar-refractivity contribution in [1.29, 1.82) is 0 Å². The number of hydrogen-bond acceptors (Lipinski definition) is 3. The lowest BCUT2D eigenvalue weighted by Crippen LogP contribution is -2.39. The van der Waals surface area contributed by atoms with E-state index < -0.39 is 0 Å². The second-order valence-electron chi connectivity index (χ2n) is 3.85. The minimum atomic E-state index is -0.324. The zero-order valence-corrected chi connectivity index (χ0v) is 12.2. The van der Waals surface area contributed by atoms with Gasteiger partial charge in [0.05, 0.1) is 22.3 Å². The van der Waals surface area contributed by atoms with E-state index in [0.29, 0.717) is 12.1 Å². The molecule has 19 heavy (non-hydrogen) atoms. The molecule has 7 heteroatoms. The molecule has 0 bridgehead atoms. The molecule has 0 atom stereocenters. The van der Waals surface area contributed by atoms with Crippen molar-refractivity contribution < 1.29 is 9.59 Å². The Balaban J connectivity index is 3.01. The van der Waals surface area contributed by atoms with Crippen molar-refractivity contribution in [2.45, 2.75) is 6.92 Å². The number of likely N-dealkylation sites (N-methyl/N-ethyl adjacent to an activating group) is 2. The Morgan fingerprint density at radius 1 is 1.32 bits per heavy atom. The van der Waals surface area contributed by atoms with Crippen LogP contribution in [0.4, 0.5) is 5.69 Å². The average Bonchev–Trinajstić information content (AvgIpc) is 2.40. The van der Waals surface area contributed by atoms with Gasteiger partial charge in [-0.3, -0.25) is 9.59 Å². The third-order valence-electron chi connectivity index (χ3n) is 2.61. The number of nitrogens with one attached hydrogen (secondary N) is 1. The monoisotopic (exact) mass is 303 g/mol. The number of rotatable bonds is 4. The first-order valence-electron chi connectivity index (χ1n) is 5.65. The minimum absolute atomic E-state index is 0.0224. The largest absolute Gasteiger partial charge is 0.396 e. The van der Waals surface area contributed by atoms with Crippen LogP contribution in [0.3, 0.4) is 0 Å². The van der Waals surface area contributed by atoms with Crippen molar-refractivity contribution in [2.24, 2.45) is 0 Å². The third kappa shape index (κ3) is 3.75. The molecule has 0 saturated heterocycles. The van der Waals surface area contributed by atoms with E-state index in [0.717, 1.165) is 0 Å². The molecule has 0 aromatic heterocycles. The summed E-state index contributed by atoms with van der Waals surface area (Å²) in [6, 6.07) is 2.88. The molecule has 0 aliphatic heterocycles. The van der Waals surface area contributed by atoms with Crippen LogP contribution in [0.5, 0.6) is 0 Å². The number of nitrogens with two attached hydrogens (primary N) is 1. The van der Waals surface area contributed by atoms with Crippen molar-refractivity contribution in [1.82, 2.24) is 10.2 Å². The van der Waals surface area contributed by atoms with Crippen LogP contribution in [-0.2, 0) is 4.79 Å². The zero-order valence-electron chi connectivity index (χ0n) is 10.7. The Bertz CT molecular complexity index is 483. The molecule has 2 amide bonds. The molecule has 0 aliphatic carbocycles. The van der Waals surface area contributed by atoms with Crippen molar-refractivity contribution in [3.8, 4) is 0 Å². The van der Waals surface area contributed by atoms with E-state index >= 15 is 0 Å². The number of amides is 2. The smallest absolute Gasteiger partial charge is 0.254 e. The van der Waals surface area contributed by atoms with Crippen LogP contribution < -0.4 is 11.1 Å². The van der Waals surface area contributed by atoms with Crippen molar-refractivity contribution in [2.75, 3.05) is 25.9 Å². The average molecular weight is 304 g/mol. The number of carbonyl (C=O) groups excluding carboxylic acids is 2. The zero-order chi connectivity index (χ0) is 14.6. The van der Waals surface area contributed by atoms with Gasteiger partial charge in [0, 0.05) is 19.2 Å². The topological polar surface area (TPSA) is 75.4 Å². The van der Waals surface area contributed by atoms with Gasteiger partial charge in [-0.25, -0.2) is 0 Å². The molecule has 3 N–H and O–H groups in total. The number of benzene rings is 1. The van der Waals surface area contributed by atoms with Crippen LogP contribution in [0.15, 0.2) is 12.1 Å². The quantitative estimate of drug-likeness (QED) is 0.833. The van der Waals surface area contributed by atoms with Gasteiger partial charge >= 0.3 is 0 Å². The maximum absolute atomic E-state index is 12.2. The highest BCUT2D eigenvalue weighted by molar-refractivity contribution is 6.39. The Kier molecular flexibility index (Phi) is 5.44. The number of halogens is 2. The third-order valence-corrected chi connectivity index (χ3v) is 3.23. The lowest BCUT2D eigenvalue weighted by Gasteiger charge is -2.20. The normalized spacial score (nSPS) is 10.1. The van der Waals surface area contributed by atoms with Crippen molar-refractivity contribution in [3.63, 3.8) is 0 Å². The van der Waals surface area contributed by atoms with Gasteiger partial charge in [-0.1, -0.05) is 23.2 Å². The summed E-state index contributed by atoms with van der Waals surface area (Å²) < 4.78 is 0. The van der Waals surface area contributed by atoms with Crippen LogP contribution in [0.1, 0.15) is 17.3 Å². The molecular weight excluding hydrogens is 289 g/mol. The molecule has 0 spiro atoms. The molecule has 1 aromatic carbocycles. The lowest BCUT2D eigenvalue weighted by molar-refractivity contribution is -0.121. The van der Waals surface area contributed by atoms with E-state index in [2.05, 4.69) is 5.32 Å². The van der Waals surface area contributed by atoms with E-state index in [4.69, 9.17) is 28.9 Å². The molecule has 0 heterocycles. The summed E-state index contributed by atoms with van der Waals surface area (Å²) in [6.45, 7) is 2.15. The van der Waals surface area contributed by atoms with E-state index in [1.807, 2.05) is 0 Å². The Morgan fingerprint density at radius 2 is 1.84 bits per heavy atom. The molecular formula is C12H15Cl2N3O2. The molecule has 104 valence electrons. The Hall–Kier alpha value is -1.46. The van der Waals surface area contributed by atoms with E-state index in [1.165, 1.54) is 24.1 Å². The molecule has 1 aromatic rings. The second kappa shape index (κ2) is 6.63. The Morgan fingerprint density at radius 3 is 2.26 bits per heavy atom. The summed E-state index contributed by atoms with van der Waals surface area (Å²) in [5.74, 6) is -0.572. The van der Waals surface area contributed by atoms with Crippen molar-refractivity contribution >= 4 is 40.7 Å². The van der Waals surface area contributed by atoms with Gasteiger partial charge in [-0.2, -0.15) is 0 Å². The van der Waals surface area contributed by atoms with Crippen LogP contribution in [-0.4, -0.2) is 36.9 Å². The molecule has 1 rings (SSSR count). The molecule has 0 fully saturated rings. The summed E-state index contributed by atoms with van der Waals surface area (Å²) in [7, 11) is 1.51. The lowest BCUT2D eigenvalue weighted by atomic mass is 10.1. The first-order valence-corrected chi connectivity index (χ1v) is 6.40. The van der Waals surface area contributed by atoms with Gasteiger partial charge in [-0.15, -0.1) is 0 Å². The van der Waals surface area contributed by atoms with Crippen molar-refractivity contribution in [3.05, 3.63) is 27.7 Å². The fourth-order valence-electron chi connectivity index (χ4n) is 1.47. The summed E-state index contributed by atoms with van der Waals surface area (Å²) in [6.07, 6.45) is 0. The number of carbonyl (C=O) groups is 2. The van der Waals surface area contributed by atoms with Gasteiger partial charge in [-0.05, 0) is 19.1 Å². The maximum atomic E-state index is 12.2. The maximum Gasteiger partial charge on any atom is 0.254 e. The molecule has 0 unspecified atom stereocenters. The van der Waals surface area contributed by atoms with E-state index in [-0.39, 0.29) is 34.1 Å². The number of hydrogen-bond donors (Lipinski definition) is 2. The molecule has 0 radical (unpaired) electrons. The minimum Gasteiger partial charge on any atom is -0.396 e. The van der Waals surface area contributed by atoms with E-state index in [9.17, 15) is 9.59 Å². The van der Waals surface area contributed by atoms with Crippen LogP contribution in [0.2, 0.25) is 10.0 Å². The fraction of sp³-hybridized carbons (Fsp3) is 0.333.